The SMILES string of the molecule is C#Cc1ccc(OC2C(C)(C)CC2(C)C)cc1Cl. The first-order chi connectivity index (χ1) is 8.26. The van der Waals surface area contributed by atoms with Gasteiger partial charge in [-0.05, 0) is 18.6 Å². The number of rotatable bonds is 2. The highest BCUT2D eigenvalue weighted by atomic mass is 35.5. The lowest BCUT2D eigenvalue weighted by Crippen LogP contribution is -2.58. The van der Waals surface area contributed by atoms with Crippen LogP contribution in [0.5, 0.6) is 5.75 Å². The number of ether oxygens (including phenoxy) is 1. The molecule has 0 saturated heterocycles. The second kappa shape index (κ2) is 4.21. The molecule has 1 saturated carbocycles. The molecule has 0 bridgehead atoms. The molecule has 0 radical (unpaired) electrons. The van der Waals surface area contributed by atoms with E-state index in [0.717, 1.165) is 5.75 Å². The molecular formula is C16H19ClO. The van der Waals surface area contributed by atoms with Crippen molar-refractivity contribution in [3.05, 3.63) is 28.8 Å². The maximum absolute atomic E-state index is 6.11. The fraction of sp³-hybridized carbons (Fsp3) is 0.500. The van der Waals surface area contributed by atoms with Crippen molar-refractivity contribution in [1.82, 2.24) is 0 Å². The van der Waals surface area contributed by atoms with Gasteiger partial charge in [-0.2, -0.15) is 0 Å². The van der Waals surface area contributed by atoms with Crippen LogP contribution in [0.3, 0.4) is 0 Å². The van der Waals surface area contributed by atoms with Gasteiger partial charge in [-0.25, -0.2) is 0 Å². The summed E-state index contributed by atoms with van der Waals surface area (Å²) in [5.74, 6) is 3.34. The van der Waals surface area contributed by atoms with Crippen LogP contribution in [0.2, 0.25) is 5.02 Å². The van der Waals surface area contributed by atoms with Gasteiger partial charge in [0.1, 0.15) is 11.9 Å². The van der Waals surface area contributed by atoms with Crippen molar-refractivity contribution >= 4 is 11.6 Å². The molecule has 96 valence electrons. The average molecular weight is 263 g/mol. The van der Waals surface area contributed by atoms with Crippen LogP contribution in [-0.4, -0.2) is 6.10 Å². The first-order valence-corrected chi connectivity index (χ1v) is 6.57. The Morgan fingerprint density at radius 1 is 1.28 bits per heavy atom. The summed E-state index contributed by atoms with van der Waals surface area (Å²) in [5.41, 5.74) is 1.12. The summed E-state index contributed by atoms with van der Waals surface area (Å²) in [6.07, 6.45) is 6.72. The van der Waals surface area contributed by atoms with E-state index in [0.29, 0.717) is 10.6 Å². The Morgan fingerprint density at radius 2 is 1.89 bits per heavy atom. The molecule has 2 rings (SSSR count). The minimum atomic E-state index is 0.206. The lowest BCUT2D eigenvalue weighted by atomic mass is 9.53. The third kappa shape index (κ3) is 2.22. The van der Waals surface area contributed by atoms with Crippen LogP contribution in [0.25, 0.3) is 0 Å². The number of hydrogen-bond donors (Lipinski definition) is 0. The number of benzene rings is 1. The largest absolute Gasteiger partial charge is 0.489 e. The van der Waals surface area contributed by atoms with Crippen LogP contribution in [0.15, 0.2) is 18.2 Å². The predicted molar refractivity (Wildman–Crippen MR) is 76.0 cm³/mol. The molecule has 0 amide bonds. The predicted octanol–water partition coefficient (Wildman–Crippen LogP) is 4.52. The second-order valence-electron chi connectivity index (χ2n) is 6.44. The van der Waals surface area contributed by atoms with Crippen LogP contribution in [-0.2, 0) is 0 Å². The Morgan fingerprint density at radius 3 is 2.33 bits per heavy atom. The molecule has 1 aliphatic rings. The third-order valence-electron chi connectivity index (χ3n) is 3.68. The molecule has 1 aliphatic carbocycles. The fourth-order valence-corrected chi connectivity index (χ4v) is 3.65. The number of terminal acetylenes is 1. The molecule has 1 aromatic rings. The number of halogens is 1. The van der Waals surface area contributed by atoms with Crippen LogP contribution < -0.4 is 4.74 Å². The van der Waals surface area contributed by atoms with Crippen LogP contribution in [0.4, 0.5) is 0 Å². The van der Waals surface area contributed by atoms with E-state index in [4.69, 9.17) is 22.8 Å². The highest BCUT2D eigenvalue weighted by Gasteiger charge is 2.54. The summed E-state index contributed by atoms with van der Waals surface area (Å²) >= 11 is 6.09. The molecule has 0 aliphatic heterocycles. The summed E-state index contributed by atoms with van der Waals surface area (Å²) in [5, 5.41) is 0.574. The molecule has 0 spiro atoms. The van der Waals surface area contributed by atoms with Gasteiger partial charge in [0.15, 0.2) is 0 Å². The van der Waals surface area contributed by atoms with E-state index >= 15 is 0 Å². The van der Waals surface area contributed by atoms with E-state index < -0.39 is 0 Å². The van der Waals surface area contributed by atoms with Crippen molar-refractivity contribution in [1.29, 1.82) is 0 Å². The van der Waals surface area contributed by atoms with E-state index in [1.165, 1.54) is 6.42 Å². The summed E-state index contributed by atoms with van der Waals surface area (Å²) in [7, 11) is 0. The monoisotopic (exact) mass is 262 g/mol. The number of hydrogen-bond acceptors (Lipinski definition) is 1. The molecule has 0 heterocycles. The molecule has 0 N–H and O–H groups in total. The molecule has 1 nitrogen and oxygen atoms in total. The third-order valence-corrected chi connectivity index (χ3v) is 3.99. The summed E-state index contributed by atoms with van der Waals surface area (Å²) in [6, 6.07) is 5.53. The highest BCUT2D eigenvalue weighted by molar-refractivity contribution is 6.31. The Kier molecular flexibility index (Phi) is 3.11. The van der Waals surface area contributed by atoms with E-state index in [2.05, 4.69) is 33.6 Å². The Hall–Kier alpha value is -1.13. The quantitative estimate of drug-likeness (QED) is 0.712. The van der Waals surface area contributed by atoms with Gasteiger partial charge < -0.3 is 4.74 Å². The first kappa shape index (κ1) is 13.3. The zero-order valence-corrected chi connectivity index (χ0v) is 12.1. The highest BCUT2D eigenvalue weighted by Crippen LogP contribution is 2.55. The molecule has 0 aromatic heterocycles. The minimum absolute atomic E-state index is 0.206. The summed E-state index contributed by atoms with van der Waals surface area (Å²) in [4.78, 5) is 0. The van der Waals surface area contributed by atoms with Gasteiger partial charge in [-0.3, -0.25) is 0 Å². The van der Waals surface area contributed by atoms with Gasteiger partial charge in [0.05, 0.1) is 5.02 Å². The fourth-order valence-electron chi connectivity index (χ4n) is 3.43. The maximum atomic E-state index is 6.11. The van der Waals surface area contributed by atoms with Crippen molar-refractivity contribution in [2.24, 2.45) is 10.8 Å². The van der Waals surface area contributed by atoms with E-state index in [1.807, 2.05) is 12.1 Å². The first-order valence-electron chi connectivity index (χ1n) is 6.19. The van der Waals surface area contributed by atoms with Gasteiger partial charge in [0, 0.05) is 22.5 Å². The van der Waals surface area contributed by atoms with Gasteiger partial charge in [-0.15, -0.1) is 6.42 Å². The van der Waals surface area contributed by atoms with E-state index in [9.17, 15) is 0 Å². The Bertz CT molecular complexity index is 494. The van der Waals surface area contributed by atoms with Crippen molar-refractivity contribution in [2.75, 3.05) is 0 Å². The lowest BCUT2D eigenvalue weighted by molar-refractivity contribution is -0.133. The van der Waals surface area contributed by atoms with E-state index in [1.54, 1.807) is 6.07 Å². The zero-order valence-electron chi connectivity index (χ0n) is 11.4. The van der Waals surface area contributed by atoms with Crippen molar-refractivity contribution < 1.29 is 4.74 Å². The Labute approximate surface area is 114 Å². The van der Waals surface area contributed by atoms with Crippen LogP contribution in [0.1, 0.15) is 39.7 Å². The zero-order chi connectivity index (χ0) is 13.6. The van der Waals surface area contributed by atoms with Crippen molar-refractivity contribution in [3.8, 4) is 18.1 Å². The average Bonchev–Trinajstić information content (AvgIpc) is 2.24. The van der Waals surface area contributed by atoms with Gasteiger partial charge >= 0.3 is 0 Å². The summed E-state index contributed by atoms with van der Waals surface area (Å²) in [6.45, 7) is 8.95. The second-order valence-corrected chi connectivity index (χ2v) is 6.85. The maximum Gasteiger partial charge on any atom is 0.121 e. The molecule has 18 heavy (non-hydrogen) atoms. The molecule has 0 atom stereocenters. The minimum Gasteiger partial charge on any atom is -0.489 e. The van der Waals surface area contributed by atoms with Crippen molar-refractivity contribution in [2.45, 2.75) is 40.2 Å². The standard InChI is InChI=1S/C16H19ClO/c1-6-11-7-8-12(9-13(11)17)18-14-15(2,3)10-16(14,4)5/h1,7-9,14H,10H2,2-5H3. The van der Waals surface area contributed by atoms with Crippen LogP contribution >= 0.6 is 11.6 Å². The van der Waals surface area contributed by atoms with E-state index in [-0.39, 0.29) is 16.9 Å². The smallest absolute Gasteiger partial charge is 0.121 e. The normalized spacial score (nSPS) is 20.9. The van der Waals surface area contributed by atoms with Gasteiger partial charge in [0.25, 0.3) is 0 Å². The lowest BCUT2D eigenvalue weighted by Gasteiger charge is -2.56. The molecular weight excluding hydrogens is 244 g/mol. The molecule has 1 aromatic carbocycles. The van der Waals surface area contributed by atoms with Crippen LogP contribution in [0, 0.1) is 23.2 Å². The van der Waals surface area contributed by atoms with Crippen molar-refractivity contribution in [3.63, 3.8) is 0 Å². The molecule has 2 heteroatoms. The Balaban J connectivity index is 2.20. The molecule has 0 unspecified atom stereocenters. The summed E-state index contributed by atoms with van der Waals surface area (Å²) < 4.78 is 6.11. The van der Waals surface area contributed by atoms with Gasteiger partial charge in [-0.1, -0.05) is 45.2 Å². The topological polar surface area (TPSA) is 9.23 Å². The van der Waals surface area contributed by atoms with Gasteiger partial charge in [0.2, 0.25) is 0 Å². The molecule has 1 fully saturated rings.